The molecule has 0 aromatic heterocycles. The van der Waals surface area contributed by atoms with Crippen LogP contribution in [0.1, 0.15) is 25.7 Å². The van der Waals surface area contributed by atoms with Gasteiger partial charge in [-0.3, -0.25) is 19.5 Å². The molecule has 1 spiro atoms. The number of thioether (sulfide) groups is 1. The molecule has 2 aliphatic heterocycles. The van der Waals surface area contributed by atoms with Gasteiger partial charge >= 0.3 is 5.24 Å². The normalized spacial score (nSPS) is 20.5. The monoisotopic (exact) mass is 416 g/mol. The lowest BCUT2D eigenvalue weighted by Crippen LogP contribution is -2.47. The van der Waals surface area contributed by atoms with Crippen LogP contribution < -0.4 is 9.64 Å². The Balaban J connectivity index is 1.53. The van der Waals surface area contributed by atoms with E-state index in [1.54, 1.807) is 5.01 Å². The molecule has 0 bridgehead atoms. The van der Waals surface area contributed by atoms with Gasteiger partial charge in [0.15, 0.2) is 11.4 Å². The molecule has 2 fully saturated rings. The number of carbonyl (C=O) groups excluding carboxylic acids is 2. The van der Waals surface area contributed by atoms with Crippen LogP contribution in [0.2, 0.25) is 0 Å². The minimum Gasteiger partial charge on any atom is -0.475 e. The Hall–Kier alpha value is -2.57. The number of nitrogens with zero attached hydrogens (tertiary/aromatic N) is 4. The molecule has 1 aliphatic carbocycles. The van der Waals surface area contributed by atoms with Gasteiger partial charge < -0.3 is 4.74 Å². The van der Waals surface area contributed by atoms with E-state index in [1.165, 1.54) is 22.6 Å². The number of hydrogen-bond donors (Lipinski definition) is 0. The highest BCUT2D eigenvalue weighted by Crippen LogP contribution is 2.50. The molecular weight excluding hydrogens is 395 g/mol. The summed E-state index contributed by atoms with van der Waals surface area (Å²) in [5.74, 6) is 1.95. The largest absolute Gasteiger partial charge is 0.475 e. The van der Waals surface area contributed by atoms with E-state index >= 15 is 0 Å². The lowest BCUT2D eigenvalue weighted by atomic mass is 10.1. The SMILES string of the molecule is C#CCN1C(=O)C2(CC2)Oc2cc(F)c(N=CSC(=O)N3CCCCN3C)cc21. The average molecular weight is 416 g/mol. The van der Waals surface area contributed by atoms with Crippen molar-refractivity contribution in [2.45, 2.75) is 31.3 Å². The lowest BCUT2D eigenvalue weighted by molar-refractivity contribution is -0.128. The first-order valence-corrected chi connectivity index (χ1v) is 10.3. The molecule has 2 heterocycles. The zero-order chi connectivity index (χ0) is 20.6. The molecule has 9 heteroatoms. The number of terminal acetylenes is 1. The van der Waals surface area contributed by atoms with E-state index in [2.05, 4.69) is 10.9 Å². The first-order valence-electron chi connectivity index (χ1n) is 9.45. The second-order valence-corrected chi connectivity index (χ2v) is 8.09. The van der Waals surface area contributed by atoms with E-state index in [9.17, 15) is 14.0 Å². The highest BCUT2D eigenvalue weighted by molar-refractivity contribution is 8.24. The fourth-order valence-electron chi connectivity index (χ4n) is 3.52. The van der Waals surface area contributed by atoms with Crippen molar-refractivity contribution in [2.75, 3.05) is 31.6 Å². The van der Waals surface area contributed by atoms with Gasteiger partial charge in [-0.2, -0.15) is 0 Å². The molecule has 1 aromatic rings. The van der Waals surface area contributed by atoms with Crippen molar-refractivity contribution in [1.82, 2.24) is 10.0 Å². The Morgan fingerprint density at radius 3 is 2.86 bits per heavy atom. The Kier molecular flexibility index (Phi) is 5.23. The quantitative estimate of drug-likeness (QED) is 0.430. The Bertz CT molecular complexity index is 925. The van der Waals surface area contributed by atoms with Crippen LogP contribution in [0.25, 0.3) is 0 Å². The number of amides is 2. The Morgan fingerprint density at radius 2 is 2.17 bits per heavy atom. The van der Waals surface area contributed by atoms with Crippen LogP contribution in [0.4, 0.5) is 20.6 Å². The molecule has 0 radical (unpaired) electrons. The lowest BCUT2D eigenvalue weighted by Gasteiger charge is -2.35. The number of hydrogen-bond acceptors (Lipinski definition) is 6. The summed E-state index contributed by atoms with van der Waals surface area (Å²) < 4.78 is 20.3. The number of halogens is 1. The van der Waals surface area contributed by atoms with Crippen molar-refractivity contribution < 1.29 is 18.7 Å². The molecule has 1 aromatic carbocycles. The summed E-state index contributed by atoms with van der Waals surface area (Å²) in [7, 11) is 1.86. The van der Waals surface area contributed by atoms with Gasteiger partial charge in [-0.15, -0.1) is 6.42 Å². The first kappa shape index (κ1) is 19.7. The van der Waals surface area contributed by atoms with Gasteiger partial charge in [-0.05, 0) is 30.7 Å². The number of rotatable bonds is 3. The second kappa shape index (κ2) is 7.69. The van der Waals surface area contributed by atoms with Gasteiger partial charge in [0.25, 0.3) is 5.91 Å². The van der Waals surface area contributed by atoms with Crippen LogP contribution in [0.3, 0.4) is 0 Å². The summed E-state index contributed by atoms with van der Waals surface area (Å²) in [4.78, 5) is 30.6. The molecule has 152 valence electrons. The third kappa shape index (κ3) is 3.70. The number of anilines is 1. The maximum absolute atomic E-state index is 14.6. The molecule has 0 N–H and O–H groups in total. The average Bonchev–Trinajstić information content (AvgIpc) is 3.47. The van der Waals surface area contributed by atoms with Gasteiger partial charge in [0.2, 0.25) is 0 Å². The van der Waals surface area contributed by atoms with Gasteiger partial charge in [-0.1, -0.05) is 5.92 Å². The van der Waals surface area contributed by atoms with E-state index in [1.807, 2.05) is 12.1 Å². The topological polar surface area (TPSA) is 65.5 Å². The van der Waals surface area contributed by atoms with E-state index in [-0.39, 0.29) is 29.1 Å². The van der Waals surface area contributed by atoms with Crippen molar-refractivity contribution in [2.24, 2.45) is 4.99 Å². The van der Waals surface area contributed by atoms with E-state index in [0.717, 1.165) is 31.1 Å². The van der Waals surface area contributed by atoms with E-state index in [0.29, 0.717) is 25.1 Å². The third-order valence-electron chi connectivity index (χ3n) is 5.28. The number of fused-ring (bicyclic) bond motifs is 1. The number of aliphatic imine (C=N–C) groups is 1. The maximum Gasteiger partial charge on any atom is 0.301 e. The number of benzene rings is 1. The number of hydrazine groups is 1. The molecule has 0 unspecified atom stereocenters. The molecule has 29 heavy (non-hydrogen) atoms. The van der Waals surface area contributed by atoms with E-state index in [4.69, 9.17) is 11.2 Å². The summed E-state index contributed by atoms with van der Waals surface area (Å²) in [6.45, 7) is 1.55. The third-order valence-corrected chi connectivity index (χ3v) is 5.91. The van der Waals surface area contributed by atoms with E-state index < -0.39 is 11.4 Å². The first-order chi connectivity index (χ1) is 13.9. The fraction of sp³-hybridized carbons (Fsp3) is 0.450. The minimum absolute atomic E-state index is 0.0150. The summed E-state index contributed by atoms with van der Waals surface area (Å²) in [5.41, 5.74) is 0.825. The molecule has 3 aliphatic rings. The summed E-state index contributed by atoms with van der Waals surface area (Å²) in [6, 6.07) is 2.66. The van der Waals surface area contributed by atoms with Crippen LogP contribution in [0, 0.1) is 18.2 Å². The van der Waals surface area contributed by atoms with Gasteiger partial charge in [0.05, 0.1) is 17.8 Å². The van der Waals surface area contributed by atoms with Gasteiger partial charge in [-0.25, -0.2) is 14.4 Å². The molecule has 4 rings (SSSR count). The van der Waals surface area contributed by atoms with Crippen molar-refractivity contribution in [3.63, 3.8) is 0 Å². The second-order valence-electron chi connectivity index (χ2n) is 7.29. The summed E-state index contributed by atoms with van der Waals surface area (Å²) >= 11 is 0.892. The predicted octanol–water partition coefficient (Wildman–Crippen LogP) is 3.17. The Morgan fingerprint density at radius 1 is 1.41 bits per heavy atom. The van der Waals surface area contributed by atoms with Crippen molar-refractivity contribution >= 4 is 39.8 Å². The highest BCUT2D eigenvalue weighted by Gasteiger charge is 2.58. The van der Waals surface area contributed by atoms with Crippen molar-refractivity contribution in [3.8, 4) is 18.1 Å². The minimum atomic E-state index is -0.899. The number of ether oxygens (including phenoxy) is 1. The van der Waals surface area contributed by atoms with Crippen LogP contribution in [0.5, 0.6) is 5.75 Å². The zero-order valence-corrected chi connectivity index (χ0v) is 16.9. The van der Waals surface area contributed by atoms with Gasteiger partial charge in [0, 0.05) is 39.0 Å². The molecular formula is C20H21FN4O3S. The predicted molar refractivity (Wildman–Crippen MR) is 110 cm³/mol. The molecule has 0 atom stereocenters. The summed E-state index contributed by atoms with van der Waals surface area (Å²) in [5, 5.41) is 3.36. The number of carbonyl (C=O) groups is 2. The molecule has 7 nitrogen and oxygen atoms in total. The standard InChI is InChI=1S/C20H21FN4O3S/c1-3-8-24-16-12-15(14(21)11-17(16)28-20(6-7-20)18(24)26)22-13-29-19(27)25-10-5-4-9-23(25)2/h1,11-13H,4-10H2,2H3. The Labute approximate surface area is 172 Å². The van der Waals surface area contributed by atoms with Crippen LogP contribution in [-0.4, -0.2) is 59.0 Å². The maximum atomic E-state index is 14.6. The summed E-state index contributed by atoms with van der Waals surface area (Å²) in [6.07, 6.45) is 8.61. The smallest absolute Gasteiger partial charge is 0.301 e. The molecule has 2 amide bonds. The zero-order valence-electron chi connectivity index (χ0n) is 16.1. The fourth-order valence-corrected chi connectivity index (χ4v) is 4.13. The van der Waals surface area contributed by atoms with Gasteiger partial charge in [0.1, 0.15) is 11.4 Å². The van der Waals surface area contributed by atoms with Crippen molar-refractivity contribution in [1.29, 1.82) is 0 Å². The van der Waals surface area contributed by atoms with Crippen molar-refractivity contribution in [3.05, 3.63) is 17.9 Å². The highest BCUT2D eigenvalue weighted by atomic mass is 32.2. The van der Waals surface area contributed by atoms with Crippen LogP contribution in [0.15, 0.2) is 17.1 Å². The van der Waals surface area contributed by atoms with Crippen LogP contribution >= 0.6 is 11.8 Å². The van der Waals surface area contributed by atoms with Crippen LogP contribution in [-0.2, 0) is 4.79 Å². The molecule has 1 saturated carbocycles. The molecule has 1 saturated heterocycles.